The van der Waals surface area contributed by atoms with Crippen molar-refractivity contribution in [2.24, 2.45) is 5.41 Å². The second kappa shape index (κ2) is 9.36. The van der Waals surface area contributed by atoms with E-state index in [1.807, 2.05) is 42.6 Å². The number of carbonyl (C=O) groups is 2. The highest BCUT2D eigenvalue weighted by atomic mass is 16.2. The predicted octanol–water partition coefficient (Wildman–Crippen LogP) is 2.39. The summed E-state index contributed by atoms with van der Waals surface area (Å²) < 4.78 is 0. The molecule has 1 saturated heterocycles. The summed E-state index contributed by atoms with van der Waals surface area (Å²) in [6.45, 7) is 0.817. The topological polar surface area (TPSA) is 99.3 Å². The highest BCUT2D eigenvalue weighted by Gasteiger charge is 2.45. The van der Waals surface area contributed by atoms with Crippen LogP contribution in [0, 0.1) is 5.41 Å². The zero-order chi connectivity index (χ0) is 23.4. The number of nitrogens with one attached hydrogen (secondary N) is 1. The Kier molecular flexibility index (Phi) is 6.35. The molecule has 3 aromatic rings. The lowest BCUT2D eigenvalue weighted by atomic mass is 9.73. The Morgan fingerprint density at radius 1 is 1.12 bits per heavy atom. The first-order chi connectivity index (χ1) is 15.9. The van der Waals surface area contributed by atoms with E-state index in [4.69, 9.17) is 0 Å². The molecule has 0 bridgehead atoms. The molecule has 0 aliphatic carbocycles. The van der Waals surface area contributed by atoms with Gasteiger partial charge >= 0.3 is 0 Å². The van der Waals surface area contributed by atoms with Crippen LogP contribution in [0.4, 0.5) is 0 Å². The Balaban J connectivity index is 1.69. The van der Waals surface area contributed by atoms with Crippen LogP contribution in [0.5, 0.6) is 0 Å². The number of likely N-dealkylation sites (tertiary alicyclic amines) is 1. The van der Waals surface area contributed by atoms with Gasteiger partial charge in [0.25, 0.3) is 11.5 Å². The molecule has 1 atom stereocenters. The number of hydrogen-bond donors (Lipinski definition) is 1. The number of benzene rings is 1. The van der Waals surface area contributed by atoms with Crippen LogP contribution >= 0.6 is 0 Å². The molecule has 0 saturated carbocycles. The maximum atomic E-state index is 13.5. The summed E-state index contributed by atoms with van der Waals surface area (Å²) in [6, 6.07) is 14.6. The van der Waals surface area contributed by atoms with Gasteiger partial charge in [0.1, 0.15) is 5.69 Å². The number of amides is 2. The van der Waals surface area contributed by atoms with Gasteiger partial charge in [-0.15, -0.1) is 0 Å². The normalized spacial score (nSPS) is 18.1. The van der Waals surface area contributed by atoms with Crippen molar-refractivity contribution in [2.75, 3.05) is 27.2 Å². The second-order valence-corrected chi connectivity index (χ2v) is 8.69. The Bertz CT molecular complexity index is 1190. The molecule has 1 aliphatic rings. The zero-order valence-corrected chi connectivity index (χ0v) is 18.8. The van der Waals surface area contributed by atoms with E-state index >= 15 is 0 Å². The third-order valence-electron chi connectivity index (χ3n) is 6.14. The van der Waals surface area contributed by atoms with Crippen molar-refractivity contribution in [3.05, 3.63) is 82.5 Å². The average molecular weight is 446 g/mol. The molecule has 8 nitrogen and oxygen atoms in total. The van der Waals surface area contributed by atoms with Crippen molar-refractivity contribution in [3.63, 3.8) is 0 Å². The maximum absolute atomic E-state index is 13.5. The average Bonchev–Trinajstić information content (AvgIpc) is 2.84. The highest BCUT2D eigenvalue weighted by molar-refractivity contribution is 5.93. The fourth-order valence-electron chi connectivity index (χ4n) is 4.64. The summed E-state index contributed by atoms with van der Waals surface area (Å²) in [7, 11) is 3.50. The first-order valence-corrected chi connectivity index (χ1v) is 10.9. The third-order valence-corrected chi connectivity index (χ3v) is 6.14. The minimum atomic E-state index is -0.766. The van der Waals surface area contributed by atoms with Gasteiger partial charge in [-0.05, 0) is 42.5 Å². The van der Waals surface area contributed by atoms with Crippen LogP contribution in [0.25, 0.3) is 11.1 Å². The highest BCUT2D eigenvalue weighted by Crippen LogP contribution is 2.38. The number of pyridine rings is 1. The maximum Gasteiger partial charge on any atom is 0.274 e. The summed E-state index contributed by atoms with van der Waals surface area (Å²) in [4.78, 5) is 45.5. The SMILES string of the molecule is CN(C)C(=O)C1(Cc2ccccc2-c2cccnc2)CCCN(C(=O)c2ccc(=O)[nH]n2)C1. The van der Waals surface area contributed by atoms with Crippen molar-refractivity contribution in [1.29, 1.82) is 0 Å². The lowest BCUT2D eigenvalue weighted by Gasteiger charge is -2.43. The van der Waals surface area contributed by atoms with Crippen LogP contribution in [0.2, 0.25) is 0 Å². The summed E-state index contributed by atoms with van der Waals surface area (Å²) in [5, 5.41) is 6.20. The lowest BCUT2D eigenvalue weighted by Crippen LogP contribution is -2.54. The largest absolute Gasteiger partial charge is 0.348 e. The molecular weight excluding hydrogens is 418 g/mol. The Morgan fingerprint density at radius 3 is 2.64 bits per heavy atom. The van der Waals surface area contributed by atoms with Gasteiger partial charge in [0, 0.05) is 51.2 Å². The number of carbonyl (C=O) groups excluding carboxylic acids is 2. The van der Waals surface area contributed by atoms with Crippen molar-refractivity contribution >= 4 is 11.8 Å². The number of rotatable bonds is 5. The molecule has 2 aromatic heterocycles. The third kappa shape index (κ3) is 4.69. The number of H-pyrrole nitrogens is 1. The van der Waals surface area contributed by atoms with Crippen molar-refractivity contribution in [1.82, 2.24) is 25.0 Å². The Morgan fingerprint density at radius 2 is 1.94 bits per heavy atom. The molecule has 1 fully saturated rings. The molecule has 1 unspecified atom stereocenters. The smallest absolute Gasteiger partial charge is 0.274 e. The molecule has 0 spiro atoms. The van der Waals surface area contributed by atoms with Gasteiger partial charge in [-0.3, -0.25) is 19.4 Å². The summed E-state index contributed by atoms with van der Waals surface area (Å²) in [6.07, 6.45) is 5.42. The fourth-order valence-corrected chi connectivity index (χ4v) is 4.64. The number of hydrogen-bond acceptors (Lipinski definition) is 5. The van der Waals surface area contributed by atoms with Crippen LogP contribution in [0.15, 0.2) is 65.7 Å². The molecule has 0 radical (unpaired) electrons. The molecule has 170 valence electrons. The van der Waals surface area contributed by atoms with E-state index < -0.39 is 5.41 Å². The molecule has 2 amide bonds. The minimum Gasteiger partial charge on any atom is -0.348 e. The molecule has 1 aliphatic heterocycles. The first kappa shape index (κ1) is 22.4. The fraction of sp³-hybridized carbons (Fsp3) is 0.320. The van der Waals surface area contributed by atoms with E-state index in [9.17, 15) is 14.4 Å². The van der Waals surface area contributed by atoms with Gasteiger partial charge in [0.15, 0.2) is 0 Å². The lowest BCUT2D eigenvalue weighted by molar-refractivity contribution is -0.142. The van der Waals surface area contributed by atoms with Crippen molar-refractivity contribution < 1.29 is 9.59 Å². The number of aromatic nitrogens is 3. The molecule has 8 heteroatoms. The summed E-state index contributed by atoms with van der Waals surface area (Å²) >= 11 is 0. The van der Waals surface area contributed by atoms with E-state index in [1.54, 1.807) is 30.1 Å². The predicted molar refractivity (Wildman–Crippen MR) is 124 cm³/mol. The van der Waals surface area contributed by atoms with Crippen molar-refractivity contribution in [3.8, 4) is 11.1 Å². The molecule has 1 N–H and O–H groups in total. The number of piperidine rings is 1. The van der Waals surface area contributed by atoms with Crippen LogP contribution < -0.4 is 5.56 Å². The van der Waals surface area contributed by atoms with Gasteiger partial charge in [0.2, 0.25) is 5.91 Å². The van der Waals surface area contributed by atoms with Gasteiger partial charge in [-0.2, -0.15) is 5.10 Å². The molecule has 1 aromatic carbocycles. The molecular formula is C25H27N5O3. The number of nitrogens with zero attached hydrogens (tertiary/aromatic N) is 4. The van der Waals surface area contributed by atoms with E-state index in [1.165, 1.54) is 12.1 Å². The first-order valence-electron chi connectivity index (χ1n) is 10.9. The van der Waals surface area contributed by atoms with Gasteiger partial charge in [0.05, 0.1) is 5.41 Å². The van der Waals surface area contributed by atoms with E-state index in [2.05, 4.69) is 15.2 Å². The summed E-state index contributed by atoms with van der Waals surface area (Å²) in [5.41, 5.74) is 2.09. The summed E-state index contributed by atoms with van der Waals surface area (Å²) in [5.74, 6) is -0.294. The Labute approximate surface area is 192 Å². The van der Waals surface area contributed by atoms with Crippen molar-refractivity contribution in [2.45, 2.75) is 19.3 Å². The Hall–Kier alpha value is -3.81. The monoisotopic (exact) mass is 445 g/mol. The molecule has 3 heterocycles. The van der Waals surface area contributed by atoms with Gasteiger partial charge in [-0.1, -0.05) is 30.3 Å². The van der Waals surface area contributed by atoms with E-state index in [0.717, 1.165) is 16.7 Å². The quantitative estimate of drug-likeness (QED) is 0.650. The van der Waals surface area contributed by atoms with E-state index in [0.29, 0.717) is 25.8 Å². The van der Waals surface area contributed by atoms with Gasteiger partial charge < -0.3 is 9.80 Å². The van der Waals surface area contributed by atoms with Crippen LogP contribution in [-0.4, -0.2) is 64.0 Å². The van der Waals surface area contributed by atoms with E-state index in [-0.39, 0.29) is 29.6 Å². The van der Waals surface area contributed by atoms with Crippen LogP contribution in [0.1, 0.15) is 28.9 Å². The second-order valence-electron chi connectivity index (χ2n) is 8.69. The minimum absolute atomic E-state index is 0.00424. The number of aromatic amines is 1. The molecule has 33 heavy (non-hydrogen) atoms. The van der Waals surface area contributed by atoms with Crippen LogP contribution in [0.3, 0.4) is 0 Å². The zero-order valence-electron chi connectivity index (χ0n) is 18.8. The van der Waals surface area contributed by atoms with Crippen LogP contribution in [-0.2, 0) is 11.2 Å². The van der Waals surface area contributed by atoms with Gasteiger partial charge in [-0.25, -0.2) is 5.10 Å². The molecule has 4 rings (SSSR count). The standard InChI is InChI=1S/C25H27N5O3/c1-29(2)24(33)25(15-18-7-3-4-9-20(18)19-8-5-13-26-16-19)12-6-14-30(17-25)23(32)21-10-11-22(31)28-27-21/h3-5,7-11,13,16H,6,12,14-15,17H2,1-2H3,(H,28,31).